The number of halogens is 3. The molecule has 4 unspecified atom stereocenters. The molecule has 4 aromatic rings. The van der Waals surface area contributed by atoms with Crippen LogP contribution in [-0.2, 0) is 41.1 Å². The Hall–Kier alpha value is -5.43. The van der Waals surface area contributed by atoms with Crippen LogP contribution in [0.15, 0.2) is 81.7 Å². The van der Waals surface area contributed by atoms with Gasteiger partial charge in [-0.3, -0.25) is 39.6 Å². The monoisotopic (exact) mass is 975 g/mol. The van der Waals surface area contributed by atoms with Crippen molar-refractivity contribution in [2.75, 3.05) is 13.1 Å². The fourth-order valence-electron chi connectivity index (χ4n) is 11.7. The lowest BCUT2D eigenvalue weighted by Gasteiger charge is -2.56. The molecule has 4 bridgehead atoms. The molecule has 18 heteroatoms. The Balaban J connectivity index is 1.39. The maximum Gasteiger partial charge on any atom is 0.411 e. The summed E-state index contributed by atoms with van der Waals surface area (Å²) in [4.78, 5) is 84.1. The quantitative estimate of drug-likeness (QED) is 0.101. The van der Waals surface area contributed by atoms with Gasteiger partial charge in [0.1, 0.15) is 16.9 Å². The number of amides is 6. The maximum atomic E-state index is 14.8. The molecular weight excluding hydrogens is 933 g/mol. The Morgan fingerprint density at radius 2 is 1.00 bits per heavy atom. The molecule has 6 aliphatic rings. The highest BCUT2D eigenvalue weighted by atomic mass is 79.9. The van der Waals surface area contributed by atoms with Gasteiger partial charge in [0.05, 0.1) is 32.4 Å². The van der Waals surface area contributed by atoms with Crippen LogP contribution in [-0.4, -0.2) is 73.5 Å². The van der Waals surface area contributed by atoms with Crippen LogP contribution in [0.3, 0.4) is 0 Å². The van der Waals surface area contributed by atoms with Crippen molar-refractivity contribution in [3.63, 3.8) is 0 Å². The Morgan fingerprint density at radius 1 is 0.645 bits per heavy atom. The molecule has 0 saturated carbocycles. The van der Waals surface area contributed by atoms with Crippen LogP contribution in [0, 0.1) is 5.82 Å². The molecule has 6 amide bonds. The van der Waals surface area contributed by atoms with Crippen LogP contribution < -0.4 is 22.1 Å². The number of carboxylic acid groups (broad SMARTS) is 2. The van der Waals surface area contributed by atoms with Crippen molar-refractivity contribution in [3.05, 3.63) is 121 Å². The Morgan fingerprint density at radius 3 is 1.34 bits per heavy atom. The number of rotatable bonds is 11. The molecule has 2 saturated heterocycles. The van der Waals surface area contributed by atoms with E-state index in [0.717, 1.165) is 0 Å². The van der Waals surface area contributed by atoms with Gasteiger partial charge in [-0.1, -0.05) is 62.4 Å². The lowest BCUT2D eigenvalue weighted by Crippen LogP contribution is -2.68. The molecule has 10 rings (SSSR count). The third kappa shape index (κ3) is 6.07. The number of aromatic nitrogens is 1. The van der Waals surface area contributed by atoms with E-state index >= 15 is 0 Å². The first-order chi connectivity index (χ1) is 29.3. The number of imide groups is 2. The number of benzene rings is 3. The number of carbonyl (C=O) groups excluding carboxylic acids is 4. The van der Waals surface area contributed by atoms with Gasteiger partial charge in [-0.15, -0.1) is 0 Å². The normalized spacial score (nSPS) is 27.6. The standard InChI is InChI=1S/C44H44Br2FN7O8/c1-41(21-31(48)55)23-7-11-25(12-8-23)43(41,37(57)50-39(59)60)52-19-3-5-29(52)35-33(45)34(46)36(54(35)28-17-15-27(47)16-18-28)30-6-4-20-53(30)44(38(58)51-40(61)62)26-13-9-24(10-14-26)42(44,2)22-32(49)56/h7-18,29-30H,3-6,19-22H2,1-2H3,(H2,48,55)(H2,49,56)(H,50,57)(H,51,58)(H,59,60)(H,61,62)/t29?,30?,41?,42?,43-,44-/m1/s1. The largest absolute Gasteiger partial charge is 0.465 e. The van der Waals surface area contributed by atoms with Crippen molar-refractivity contribution < 1.29 is 43.4 Å². The first kappa shape index (κ1) is 43.2. The second-order valence-electron chi connectivity index (χ2n) is 17.0. The van der Waals surface area contributed by atoms with Gasteiger partial charge in [0.25, 0.3) is 11.8 Å². The van der Waals surface area contributed by atoms with E-state index < -0.39 is 75.6 Å². The summed E-state index contributed by atoms with van der Waals surface area (Å²) >= 11 is 7.82. The number of nitrogens with one attached hydrogen (secondary N) is 2. The zero-order valence-electron chi connectivity index (χ0n) is 33.7. The Bertz CT molecular complexity index is 2400. The van der Waals surface area contributed by atoms with E-state index in [2.05, 4.69) is 42.5 Å². The van der Waals surface area contributed by atoms with Crippen molar-refractivity contribution >= 4 is 67.7 Å². The maximum absolute atomic E-state index is 14.8. The van der Waals surface area contributed by atoms with Crippen LogP contribution in [0.4, 0.5) is 14.0 Å². The van der Waals surface area contributed by atoms with Crippen LogP contribution in [0.1, 0.15) is 98.1 Å². The summed E-state index contributed by atoms with van der Waals surface area (Å²) < 4.78 is 17.8. The van der Waals surface area contributed by atoms with Crippen molar-refractivity contribution in [2.45, 2.75) is 86.4 Å². The number of primary amides is 2. The lowest BCUT2D eigenvalue weighted by atomic mass is 9.56. The van der Waals surface area contributed by atoms with Crippen LogP contribution >= 0.6 is 31.9 Å². The summed E-state index contributed by atoms with van der Waals surface area (Å²) in [6.45, 7) is 4.05. The molecule has 2 fully saturated rings. The predicted molar refractivity (Wildman–Crippen MR) is 229 cm³/mol. The summed E-state index contributed by atoms with van der Waals surface area (Å²) in [5, 5.41) is 24.3. The van der Waals surface area contributed by atoms with Crippen molar-refractivity contribution in [1.82, 2.24) is 25.0 Å². The summed E-state index contributed by atoms with van der Waals surface area (Å²) in [5.74, 6) is -3.60. The van der Waals surface area contributed by atoms with Gasteiger partial charge in [0, 0.05) is 42.4 Å². The topological polar surface area (TPSA) is 230 Å². The van der Waals surface area contributed by atoms with Crippen molar-refractivity contribution in [3.8, 4) is 5.69 Å². The first-order valence-electron chi connectivity index (χ1n) is 20.1. The summed E-state index contributed by atoms with van der Waals surface area (Å²) in [6.07, 6.45) is -1.77. The van der Waals surface area contributed by atoms with E-state index in [9.17, 15) is 43.4 Å². The molecule has 62 heavy (non-hydrogen) atoms. The average molecular weight is 978 g/mol. The van der Waals surface area contributed by atoms with E-state index in [1.54, 1.807) is 74.5 Å². The summed E-state index contributed by atoms with van der Waals surface area (Å²) in [5.41, 5.74) is 9.45. The number of nitrogens with zero attached hydrogens (tertiary/aromatic N) is 3. The number of hydrogen-bond acceptors (Lipinski definition) is 8. The molecular formula is C44H44Br2FN7O8. The number of hydrogen-bond donors (Lipinski definition) is 6. The van der Waals surface area contributed by atoms with Gasteiger partial charge in [-0.25, -0.2) is 14.0 Å². The highest BCUT2D eigenvalue weighted by Gasteiger charge is 2.66. The molecule has 0 spiro atoms. The fourth-order valence-corrected chi connectivity index (χ4v) is 12.9. The highest BCUT2D eigenvalue weighted by Crippen LogP contribution is 2.61. The van der Waals surface area contributed by atoms with Crippen molar-refractivity contribution in [2.24, 2.45) is 11.5 Å². The van der Waals surface area contributed by atoms with Gasteiger partial charge in [0.2, 0.25) is 11.8 Å². The minimum Gasteiger partial charge on any atom is -0.465 e. The summed E-state index contributed by atoms with van der Waals surface area (Å²) in [7, 11) is 0. The first-order valence-corrected chi connectivity index (χ1v) is 21.7. The van der Waals surface area contributed by atoms with E-state index in [-0.39, 0.29) is 25.9 Å². The minimum atomic E-state index is -1.77. The second-order valence-corrected chi connectivity index (χ2v) is 18.5. The van der Waals surface area contributed by atoms with E-state index in [1.807, 2.05) is 14.4 Å². The molecule has 324 valence electrons. The second kappa shape index (κ2) is 15.4. The molecule has 4 aliphatic carbocycles. The third-order valence-electron chi connectivity index (χ3n) is 13.8. The van der Waals surface area contributed by atoms with E-state index in [1.165, 1.54) is 12.1 Å². The van der Waals surface area contributed by atoms with Gasteiger partial charge < -0.3 is 26.2 Å². The zero-order valence-corrected chi connectivity index (χ0v) is 36.9. The van der Waals surface area contributed by atoms with Gasteiger partial charge in [-0.05, 0) is 104 Å². The predicted octanol–water partition coefficient (Wildman–Crippen LogP) is 6.09. The molecule has 15 nitrogen and oxygen atoms in total. The van der Waals surface area contributed by atoms with Crippen LogP contribution in [0.25, 0.3) is 5.69 Å². The SMILES string of the molecule is CC1(CC(N)=O)c2ccc(cc2)[C@]1(C(=O)NC(=O)O)N1CCCC1c1c(Br)c(Br)c(C2CCCN2[C@@]2(C(=O)NC(=O)O)c3ccc(cc3)C2(C)CC(N)=O)n1-c1ccc(F)cc1. The van der Waals surface area contributed by atoms with Gasteiger partial charge >= 0.3 is 12.2 Å². The van der Waals surface area contributed by atoms with Crippen LogP contribution in [0.5, 0.6) is 0 Å². The number of carbonyl (C=O) groups is 6. The lowest BCUT2D eigenvalue weighted by molar-refractivity contribution is -0.144. The van der Waals surface area contributed by atoms with Crippen molar-refractivity contribution in [1.29, 1.82) is 0 Å². The molecule has 6 atom stereocenters. The number of nitrogens with two attached hydrogens (primary N) is 2. The number of likely N-dealkylation sites (tertiary alicyclic amines) is 2. The fraction of sp³-hybridized carbons (Fsp3) is 0.364. The minimum absolute atomic E-state index is 0.285. The zero-order chi connectivity index (χ0) is 44.7. The molecule has 8 N–H and O–H groups in total. The van der Waals surface area contributed by atoms with E-state index in [0.29, 0.717) is 74.0 Å². The number of fused-ring (bicyclic) bond motifs is 6. The smallest absolute Gasteiger partial charge is 0.411 e. The third-order valence-corrected chi connectivity index (χ3v) is 16.0. The van der Waals surface area contributed by atoms with E-state index in [4.69, 9.17) is 11.5 Å². The molecule has 0 radical (unpaired) electrons. The Kier molecular flexibility index (Phi) is 10.8. The highest BCUT2D eigenvalue weighted by molar-refractivity contribution is 9.13. The molecule has 1 aromatic heterocycles. The van der Waals surface area contributed by atoms with Gasteiger partial charge in [-0.2, -0.15) is 0 Å². The van der Waals surface area contributed by atoms with Crippen LogP contribution in [0.2, 0.25) is 0 Å². The molecule has 2 aliphatic heterocycles. The average Bonchev–Trinajstić information content (AvgIpc) is 3.94. The van der Waals surface area contributed by atoms with Gasteiger partial charge in [0.15, 0.2) is 0 Å². The summed E-state index contributed by atoms with van der Waals surface area (Å²) in [6, 6.07) is 18.7. The molecule has 3 aromatic carbocycles. The molecule has 3 heterocycles. The Labute approximate surface area is 372 Å².